The van der Waals surface area contributed by atoms with Gasteiger partial charge in [0.25, 0.3) is 5.56 Å². The highest BCUT2D eigenvalue weighted by Gasteiger charge is 2.21. The molecular weight excluding hydrogens is 336 g/mol. The van der Waals surface area contributed by atoms with Gasteiger partial charge in [-0.15, -0.1) is 0 Å². The zero-order valence-electron chi connectivity index (χ0n) is 14.9. The molecule has 1 saturated carbocycles. The van der Waals surface area contributed by atoms with Crippen molar-refractivity contribution >= 4 is 27.6 Å². The van der Waals surface area contributed by atoms with Gasteiger partial charge in [-0.1, -0.05) is 18.9 Å². The Kier molecular flexibility index (Phi) is 3.67. The Balaban J connectivity index is 1.82. The summed E-state index contributed by atoms with van der Waals surface area (Å²) in [4.78, 5) is 21.6. The lowest BCUT2D eigenvalue weighted by Gasteiger charge is -2.18. The summed E-state index contributed by atoms with van der Waals surface area (Å²) >= 11 is 0. The van der Waals surface area contributed by atoms with E-state index in [9.17, 15) is 4.79 Å². The van der Waals surface area contributed by atoms with Crippen LogP contribution in [0.25, 0.3) is 32.9 Å². The number of fused-ring (bicyclic) bond motifs is 3. The van der Waals surface area contributed by atoms with Gasteiger partial charge in [0.15, 0.2) is 0 Å². The molecule has 0 unspecified atom stereocenters. The molecule has 27 heavy (non-hydrogen) atoms. The average Bonchev–Trinajstić information content (AvgIpc) is 3.22. The summed E-state index contributed by atoms with van der Waals surface area (Å²) in [6.07, 6.45) is 8.12. The first-order valence-corrected chi connectivity index (χ1v) is 9.37. The topological polar surface area (TPSA) is 73.8 Å². The van der Waals surface area contributed by atoms with E-state index in [1.54, 1.807) is 18.3 Å². The van der Waals surface area contributed by atoms with Gasteiger partial charge in [0.05, 0.1) is 11.0 Å². The summed E-state index contributed by atoms with van der Waals surface area (Å²) in [5, 5.41) is 2.01. The van der Waals surface area contributed by atoms with Gasteiger partial charge in [0.2, 0.25) is 0 Å². The van der Waals surface area contributed by atoms with Crippen molar-refractivity contribution in [1.29, 1.82) is 0 Å². The zero-order valence-corrected chi connectivity index (χ0v) is 14.9. The van der Waals surface area contributed by atoms with Crippen LogP contribution in [-0.2, 0) is 0 Å². The monoisotopic (exact) mass is 356 g/mol. The highest BCUT2D eigenvalue weighted by atomic mass is 16.1. The number of anilines is 1. The van der Waals surface area contributed by atoms with Gasteiger partial charge in [-0.2, -0.15) is 0 Å². The summed E-state index contributed by atoms with van der Waals surface area (Å²) in [6, 6.07) is 13.7. The van der Waals surface area contributed by atoms with Gasteiger partial charge >= 0.3 is 0 Å². The van der Waals surface area contributed by atoms with E-state index in [1.165, 1.54) is 12.8 Å². The summed E-state index contributed by atoms with van der Waals surface area (Å²) < 4.78 is 2.00. The van der Waals surface area contributed by atoms with Crippen LogP contribution in [0.3, 0.4) is 0 Å². The number of hydrogen-bond donors (Lipinski definition) is 1. The molecule has 0 bridgehead atoms. The maximum atomic E-state index is 12.8. The third-order valence-electron chi connectivity index (χ3n) is 5.56. The summed E-state index contributed by atoms with van der Waals surface area (Å²) in [6.45, 7) is 0. The molecule has 5 heteroatoms. The van der Waals surface area contributed by atoms with Crippen LogP contribution < -0.4 is 11.3 Å². The third-order valence-corrected chi connectivity index (χ3v) is 5.56. The first-order valence-electron chi connectivity index (χ1n) is 9.37. The van der Waals surface area contributed by atoms with E-state index in [-0.39, 0.29) is 11.6 Å². The molecule has 5 rings (SSSR count). The Morgan fingerprint density at radius 3 is 2.52 bits per heavy atom. The molecule has 4 aromatic rings. The van der Waals surface area contributed by atoms with E-state index in [1.807, 2.05) is 35.0 Å². The van der Waals surface area contributed by atoms with Crippen molar-refractivity contribution in [1.82, 2.24) is 14.5 Å². The van der Waals surface area contributed by atoms with Crippen molar-refractivity contribution in [3.8, 4) is 11.1 Å². The lowest BCUT2D eigenvalue weighted by molar-refractivity contribution is 0.520. The van der Waals surface area contributed by atoms with Crippen LogP contribution >= 0.6 is 0 Å². The Labute approximate surface area is 156 Å². The minimum Gasteiger partial charge on any atom is -0.384 e. The summed E-state index contributed by atoms with van der Waals surface area (Å²) in [5.41, 5.74) is 9.71. The van der Waals surface area contributed by atoms with Crippen LogP contribution in [-0.4, -0.2) is 14.5 Å². The first kappa shape index (κ1) is 16.0. The second-order valence-corrected chi connectivity index (χ2v) is 7.25. The van der Waals surface area contributed by atoms with Crippen molar-refractivity contribution in [3.05, 3.63) is 65.2 Å². The Morgan fingerprint density at radius 2 is 1.74 bits per heavy atom. The van der Waals surface area contributed by atoms with E-state index in [0.29, 0.717) is 5.82 Å². The quantitative estimate of drug-likeness (QED) is 0.543. The first-order chi connectivity index (χ1) is 13.2. The highest BCUT2D eigenvalue weighted by molar-refractivity contribution is 6.04. The van der Waals surface area contributed by atoms with E-state index in [4.69, 9.17) is 5.73 Å². The van der Waals surface area contributed by atoms with Crippen LogP contribution in [0.2, 0.25) is 0 Å². The SMILES string of the molecule is Nc1ccc(-c2ccc3ncc4ccc(=O)n(C5CCCC5)c4c3c2)cn1. The van der Waals surface area contributed by atoms with Crippen molar-refractivity contribution in [3.63, 3.8) is 0 Å². The number of hydrogen-bond acceptors (Lipinski definition) is 4. The number of nitrogen functional groups attached to an aromatic ring is 1. The average molecular weight is 356 g/mol. The van der Waals surface area contributed by atoms with E-state index < -0.39 is 0 Å². The molecule has 3 heterocycles. The number of pyridine rings is 3. The fourth-order valence-electron chi connectivity index (χ4n) is 4.22. The van der Waals surface area contributed by atoms with Gasteiger partial charge in [-0.25, -0.2) is 4.98 Å². The van der Waals surface area contributed by atoms with Gasteiger partial charge < -0.3 is 10.3 Å². The van der Waals surface area contributed by atoms with Gasteiger partial charge in [-0.05, 0) is 48.7 Å². The predicted octanol–water partition coefficient (Wildman–Crippen LogP) is 4.31. The van der Waals surface area contributed by atoms with Crippen LogP contribution in [0.15, 0.2) is 59.7 Å². The molecule has 5 nitrogen and oxygen atoms in total. The fourth-order valence-corrected chi connectivity index (χ4v) is 4.22. The van der Waals surface area contributed by atoms with Crippen molar-refractivity contribution in [2.45, 2.75) is 31.7 Å². The highest BCUT2D eigenvalue weighted by Crippen LogP contribution is 2.34. The van der Waals surface area contributed by atoms with Gasteiger partial charge in [0.1, 0.15) is 5.82 Å². The summed E-state index contributed by atoms with van der Waals surface area (Å²) in [5.74, 6) is 0.502. The number of rotatable bonds is 2. The maximum Gasteiger partial charge on any atom is 0.251 e. The Morgan fingerprint density at radius 1 is 0.926 bits per heavy atom. The zero-order chi connectivity index (χ0) is 18.4. The maximum absolute atomic E-state index is 12.8. The molecule has 2 N–H and O–H groups in total. The molecule has 0 spiro atoms. The molecule has 0 aliphatic heterocycles. The molecule has 3 aromatic heterocycles. The third kappa shape index (κ3) is 2.67. The van der Waals surface area contributed by atoms with Crippen molar-refractivity contribution in [2.75, 3.05) is 5.73 Å². The van der Waals surface area contributed by atoms with Crippen molar-refractivity contribution < 1.29 is 0 Å². The minimum absolute atomic E-state index is 0.0708. The molecule has 1 fully saturated rings. The molecule has 1 aliphatic rings. The van der Waals surface area contributed by atoms with Crippen molar-refractivity contribution in [2.24, 2.45) is 0 Å². The molecule has 0 amide bonds. The number of benzene rings is 1. The second kappa shape index (κ2) is 6.20. The normalized spacial score (nSPS) is 15.0. The lowest BCUT2D eigenvalue weighted by Crippen LogP contribution is -2.23. The number of nitrogens with two attached hydrogens (primary N) is 1. The molecule has 0 atom stereocenters. The number of nitrogens with zero attached hydrogens (tertiary/aromatic N) is 3. The molecule has 134 valence electrons. The van der Waals surface area contributed by atoms with Gasteiger partial charge in [0, 0.05) is 40.8 Å². The van der Waals surface area contributed by atoms with Gasteiger partial charge in [-0.3, -0.25) is 9.78 Å². The standard InChI is InChI=1S/C22H20N4O/c23-20-9-6-15(12-25-20)14-5-8-19-18(11-14)22-16(13-24-19)7-10-21(27)26(22)17-3-1-2-4-17/h5-13,17H,1-4H2,(H2,23,25). The molecule has 1 aliphatic carbocycles. The van der Waals surface area contributed by atoms with Crippen LogP contribution in [0, 0.1) is 0 Å². The van der Waals surface area contributed by atoms with E-state index in [0.717, 1.165) is 45.8 Å². The van der Waals surface area contributed by atoms with E-state index in [2.05, 4.69) is 16.0 Å². The lowest BCUT2D eigenvalue weighted by atomic mass is 10.0. The Bertz CT molecular complexity index is 1200. The molecular formula is C22H20N4O. The van der Waals surface area contributed by atoms with E-state index >= 15 is 0 Å². The van der Waals surface area contributed by atoms with Crippen LogP contribution in [0.5, 0.6) is 0 Å². The molecule has 0 saturated heterocycles. The largest absolute Gasteiger partial charge is 0.384 e. The molecule has 0 radical (unpaired) electrons. The second-order valence-electron chi connectivity index (χ2n) is 7.25. The van der Waals surface area contributed by atoms with Crippen LogP contribution in [0.1, 0.15) is 31.7 Å². The Hall–Kier alpha value is -3.21. The minimum atomic E-state index is 0.0708. The van der Waals surface area contributed by atoms with Crippen LogP contribution in [0.4, 0.5) is 5.82 Å². The smallest absolute Gasteiger partial charge is 0.251 e. The predicted molar refractivity (Wildman–Crippen MR) is 109 cm³/mol. The molecule has 1 aromatic carbocycles. The fraction of sp³-hybridized carbons (Fsp3) is 0.227. The summed E-state index contributed by atoms with van der Waals surface area (Å²) in [7, 11) is 0. The number of aromatic nitrogens is 3.